The highest BCUT2D eigenvalue weighted by Gasteiger charge is 2.40. The summed E-state index contributed by atoms with van der Waals surface area (Å²) in [6, 6.07) is 17.9. The molecule has 0 saturated carbocycles. The van der Waals surface area contributed by atoms with Crippen LogP contribution in [0.5, 0.6) is 0 Å². The lowest BCUT2D eigenvalue weighted by atomic mass is 9.94. The van der Waals surface area contributed by atoms with Gasteiger partial charge in [-0.1, -0.05) is 52.0 Å². The predicted molar refractivity (Wildman–Crippen MR) is 148 cm³/mol. The predicted octanol–water partition coefficient (Wildman–Crippen LogP) is 6.84. The molecular formula is C32H32N2O4. The van der Waals surface area contributed by atoms with Gasteiger partial charge >= 0.3 is 0 Å². The average Bonchev–Trinajstić information content (AvgIpc) is 3.34. The van der Waals surface area contributed by atoms with E-state index in [1.165, 1.54) is 15.4 Å². The summed E-state index contributed by atoms with van der Waals surface area (Å²) in [5.74, 6) is -0.802. The maximum absolute atomic E-state index is 13.4. The van der Waals surface area contributed by atoms with Gasteiger partial charge < -0.3 is 0 Å². The molecule has 2 heterocycles. The number of carbonyl (C=O) groups is 4. The molecule has 6 nitrogen and oxygen atoms in total. The minimum absolute atomic E-state index is 0.135. The largest absolute Gasteiger partial charge is 0.271 e. The summed E-state index contributed by atoms with van der Waals surface area (Å²) in [6.45, 7) is 8.25. The smallest absolute Gasteiger partial charge is 0.266 e. The molecule has 0 saturated heterocycles. The van der Waals surface area contributed by atoms with Crippen molar-refractivity contribution in [3.8, 4) is 11.1 Å². The lowest BCUT2D eigenvalue weighted by Crippen LogP contribution is -2.39. The molecule has 2 aliphatic rings. The van der Waals surface area contributed by atoms with Crippen LogP contribution < -0.4 is 4.90 Å². The highest BCUT2D eigenvalue weighted by atomic mass is 16.2. The number of carbonyl (C=O) groups excluding carboxylic acids is 4. The van der Waals surface area contributed by atoms with Crippen molar-refractivity contribution >= 4 is 29.3 Å². The third-order valence-corrected chi connectivity index (χ3v) is 8.05. The molecule has 38 heavy (non-hydrogen) atoms. The Balaban J connectivity index is 1.45. The van der Waals surface area contributed by atoms with Gasteiger partial charge in [-0.3, -0.25) is 24.1 Å². The number of benzene rings is 3. The quantitative estimate of drug-likeness (QED) is 0.312. The van der Waals surface area contributed by atoms with Crippen LogP contribution in [0.3, 0.4) is 0 Å². The highest BCUT2D eigenvalue weighted by molar-refractivity contribution is 6.34. The van der Waals surface area contributed by atoms with E-state index in [1.807, 2.05) is 38.1 Å². The van der Waals surface area contributed by atoms with Crippen molar-refractivity contribution in [1.29, 1.82) is 0 Å². The van der Waals surface area contributed by atoms with Crippen LogP contribution in [0.25, 0.3) is 11.1 Å². The van der Waals surface area contributed by atoms with Gasteiger partial charge in [0.1, 0.15) is 0 Å². The van der Waals surface area contributed by atoms with E-state index in [2.05, 4.69) is 13.8 Å². The van der Waals surface area contributed by atoms with E-state index in [1.54, 1.807) is 36.4 Å². The van der Waals surface area contributed by atoms with Gasteiger partial charge in [0, 0.05) is 6.04 Å². The Hall–Kier alpha value is -4.06. The molecule has 0 unspecified atom stereocenters. The minimum atomic E-state index is -0.366. The number of rotatable bonds is 8. The van der Waals surface area contributed by atoms with Crippen LogP contribution in [0.1, 0.15) is 106 Å². The number of nitrogens with zero attached hydrogens (tertiary/aromatic N) is 2. The Morgan fingerprint density at radius 2 is 1.03 bits per heavy atom. The summed E-state index contributed by atoms with van der Waals surface area (Å²) >= 11 is 0. The van der Waals surface area contributed by atoms with E-state index in [-0.39, 0.29) is 29.7 Å². The van der Waals surface area contributed by atoms with Crippen molar-refractivity contribution in [2.24, 2.45) is 0 Å². The second-order valence-corrected chi connectivity index (χ2v) is 10.0. The second-order valence-electron chi connectivity index (χ2n) is 10.0. The number of amides is 4. The van der Waals surface area contributed by atoms with E-state index < -0.39 is 0 Å². The van der Waals surface area contributed by atoms with Gasteiger partial charge in [-0.15, -0.1) is 0 Å². The van der Waals surface area contributed by atoms with Crippen LogP contribution in [-0.2, 0) is 0 Å². The zero-order valence-electron chi connectivity index (χ0n) is 22.3. The molecule has 194 valence electrons. The van der Waals surface area contributed by atoms with E-state index in [0.29, 0.717) is 57.8 Å². The number of imide groups is 2. The normalized spacial score (nSPS) is 14.8. The fourth-order valence-corrected chi connectivity index (χ4v) is 5.74. The second kappa shape index (κ2) is 10.0. The van der Waals surface area contributed by atoms with Crippen LogP contribution in [0.15, 0.2) is 60.7 Å². The van der Waals surface area contributed by atoms with Crippen LogP contribution >= 0.6 is 0 Å². The Labute approximate surface area is 223 Å². The van der Waals surface area contributed by atoms with Crippen molar-refractivity contribution in [3.63, 3.8) is 0 Å². The minimum Gasteiger partial charge on any atom is -0.271 e. The zero-order valence-corrected chi connectivity index (χ0v) is 22.3. The molecule has 4 amide bonds. The maximum Gasteiger partial charge on any atom is 0.266 e. The zero-order chi connectivity index (χ0) is 27.1. The molecule has 3 aromatic carbocycles. The molecule has 0 atom stereocenters. The molecule has 0 bridgehead atoms. The summed E-state index contributed by atoms with van der Waals surface area (Å²) in [7, 11) is 0. The van der Waals surface area contributed by atoms with Crippen LogP contribution in [0.2, 0.25) is 0 Å². The van der Waals surface area contributed by atoms with Gasteiger partial charge in [-0.2, -0.15) is 0 Å². The first-order chi connectivity index (χ1) is 18.3. The number of anilines is 1. The molecule has 3 aromatic rings. The first-order valence-electron chi connectivity index (χ1n) is 13.5. The summed E-state index contributed by atoms with van der Waals surface area (Å²) in [5, 5.41) is 0. The van der Waals surface area contributed by atoms with Crippen LogP contribution in [0, 0.1) is 0 Å². The molecule has 0 radical (unpaired) electrons. The molecule has 0 spiro atoms. The Morgan fingerprint density at radius 1 is 0.553 bits per heavy atom. The lowest BCUT2D eigenvalue weighted by Gasteiger charge is -2.23. The summed E-state index contributed by atoms with van der Waals surface area (Å²) in [5.41, 5.74) is 4.64. The fraction of sp³-hybridized carbons (Fsp3) is 0.312. The van der Waals surface area contributed by atoms with Crippen molar-refractivity contribution in [2.45, 2.75) is 65.3 Å². The fourth-order valence-electron chi connectivity index (χ4n) is 5.74. The molecule has 6 heteroatoms. The highest BCUT2D eigenvalue weighted by Crippen LogP contribution is 2.35. The van der Waals surface area contributed by atoms with Crippen LogP contribution in [0.4, 0.5) is 5.69 Å². The average molecular weight is 509 g/mol. The first-order valence-corrected chi connectivity index (χ1v) is 13.5. The van der Waals surface area contributed by atoms with Gasteiger partial charge in [0.05, 0.1) is 27.9 Å². The molecule has 2 aliphatic heterocycles. The van der Waals surface area contributed by atoms with E-state index in [9.17, 15) is 19.2 Å². The van der Waals surface area contributed by atoms with E-state index in [0.717, 1.165) is 12.8 Å². The molecular weight excluding hydrogens is 476 g/mol. The summed E-state index contributed by atoms with van der Waals surface area (Å²) in [4.78, 5) is 55.2. The van der Waals surface area contributed by atoms with Crippen molar-refractivity contribution < 1.29 is 19.2 Å². The summed E-state index contributed by atoms with van der Waals surface area (Å²) in [6.07, 6.45) is 3.47. The third kappa shape index (κ3) is 3.95. The van der Waals surface area contributed by atoms with Gasteiger partial charge in [-0.25, -0.2) is 4.90 Å². The van der Waals surface area contributed by atoms with Gasteiger partial charge in [-0.05, 0) is 84.7 Å². The van der Waals surface area contributed by atoms with Gasteiger partial charge in [0.15, 0.2) is 0 Å². The topological polar surface area (TPSA) is 74.8 Å². The summed E-state index contributed by atoms with van der Waals surface area (Å²) < 4.78 is 0. The van der Waals surface area contributed by atoms with E-state index >= 15 is 0 Å². The number of hydrogen-bond donors (Lipinski definition) is 0. The number of fused-ring (bicyclic) bond motifs is 2. The Kier molecular flexibility index (Phi) is 6.74. The number of hydrogen-bond acceptors (Lipinski definition) is 4. The van der Waals surface area contributed by atoms with E-state index in [4.69, 9.17) is 0 Å². The molecule has 0 fully saturated rings. The Bertz CT molecular complexity index is 1450. The maximum atomic E-state index is 13.4. The van der Waals surface area contributed by atoms with Gasteiger partial charge in [0.25, 0.3) is 23.6 Å². The molecule has 5 rings (SSSR count). The lowest BCUT2D eigenvalue weighted by molar-refractivity contribution is 0.0575. The SMILES string of the molecule is CCC(CC)c1ccc(N2C(=O)c3ccc(-c4ccc5c(c4)C(=O)N(C(CC)CC)C5=O)cc3C2=O)cc1. The van der Waals surface area contributed by atoms with Crippen molar-refractivity contribution in [2.75, 3.05) is 4.90 Å². The van der Waals surface area contributed by atoms with Crippen molar-refractivity contribution in [1.82, 2.24) is 4.90 Å². The standard InChI is InChI=1S/C32H32N2O4/c1-5-19(6-2)20-9-13-24(14-10-20)34-30(36)26-16-12-22(18-28(26)32(34)38)21-11-15-25-27(17-21)31(37)33(29(25)35)23(7-3)8-4/h9-19,23H,5-8H2,1-4H3. The van der Waals surface area contributed by atoms with Crippen LogP contribution in [-0.4, -0.2) is 34.6 Å². The van der Waals surface area contributed by atoms with Crippen molar-refractivity contribution in [3.05, 3.63) is 88.5 Å². The first kappa shape index (κ1) is 25.6. The Morgan fingerprint density at radius 3 is 1.55 bits per heavy atom. The molecule has 0 aliphatic carbocycles. The monoisotopic (exact) mass is 508 g/mol. The van der Waals surface area contributed by atoms with Gasteiger partial charge in [0.2, 0.25) is 0 Å². The molecule has 0 aromatic heterocycles. The third-order valence-electron chi connectivity index (χ3n) is 8.05. The molecule has 0 N–H and O–H groups in total.